The molecule has 0 bridgehead atoms. The number of piperidine rings is 1. The van der Waals surface area contributed by atoms with E-state index in [0.717, 1.165) is 39.9 Å². The fourth-order valence-electron chi connectivity index (χ4n) is 3.69. The Morgan fingerprint density at radius 3 is 2.43 bits per heavy atom. The van der Waals surface area contributed by atoms with E-state index in [4.69, 9.17) is 26.3 Å². The minimum atomic E-state index is 0.542. The second-order valence-electron chi connectivity index (χ2n) is 7.53. The topological polar surface area (TPSA) is 47.0 Å². The van der Waals surface area contributed by atoms with Gasteiger partial charge in [0.2, 0.25) is 5.88 Å². The standard InChI is InChI=1S/C24H25ClIN3O/c25-20-10-8-18(9-11-20)23-24(19-6-4-17(15-26)5-7-19)29-22(16-28-23)30-14-12-21-3-1-2-13-27-21/h4-11,16,21,27H,1-3,12-15H2. The SMILES string of the molecule is Clc1ccc(-c2ncc(OCCC3CCCCN3)nc2-c2ccc(CI)cc2)cc1. The van der Waals surface area contributed by atoms with Crippen LogP contribution >= 0.6 is 34.2 Å². The molecule has 4 rings (SSSR count). The summed E-state index contributed by atoms with van der Waals surface area (Å²) in [6.07, 6.45) is 6.50. The predicted octanol–water partition coefficient (Wildman–Crippen LogP) is 6.31. The van der Waals surface area contributed by atoms with E-state index in [0.29, 0.717) is 23.6 Å². The van der Waals surface area contributed by atoms with Crippen molar-refractivity contribution in [3.8, 4) is 28.4 Å². The maximum Gasteiger partial charge on any atom is 0.232 e. The predicted molar refractivity (Wildman–Crippen MR) is 131 cm³/mol. The van der Waals surface area contributed by atoms with Crippen LogP contribution in [0.1, 0.15) is 31.2 Å². The Balaban J connectivity index is 1.58. The van der Waals surface area contributed by atoms with Crippen LogP contribution in [0, 0.1) is 0 Å². The number of nitrogens with one attached hydrogen (secondary N) is 1. The molecule has 0 aliphatic carbocycles. The van der Waals surface area contributed by atoms with Crippen molar-refractivity contribution in [3.63, 3.8) is 0 Å². The van der Waals surface area contributed by atoms with Gasteiger partial charge < -0.3 is 10.1 Å². The van der Waals surface area contributed by atoms with Crippen molar-refractivity contribution in [2.45, 2.75) is 36.2 Å². The van der Waals surface area contributed by atoms with E-state index in [1.165, 1.54) is 24.8 Å². The molecule has 1 aliphatic rings. The molecule has 1 aromatic heterocycles. The number of hydrogen-bond donors (Lipinski definition) is 1. The summed E-state index contributed by atoms with van der Waals surface area (Å²) in [5.41, 5.74) is 4.95. The summed E-state index contributed by atoms with van der Waals surface area (Å²) >= 11 is 8.45. The van der Waals surface area contributed by atoms with Crippen LogP contribution in [0.3, 0.4) is 0 Å². The van der Waals surface area contributed by atoms with Gasteiger partial charge in [0, 0.05) is 26.6 Å². The average Bonchev–Trinajstić information content (AvgIpc) is 2.80. The highest BCUT2D eigenvalue weighted by Crippen LogP contribution is 2.31. The summed E-state index contributed by atoms with van der Waals surface area (Å²) in [5.74, 6) is 0.566. The molecule has 2 heterocycles. The lowest BCUT2D eigenvalue weighted by Crippen LogP contribution is -2.35. The lowest BCUT2D eigenvalue weighted by atomic mass is 10.0. The number of rotatable bonds is 7. The first kappa shape index (κ1) is 21.5. The van der Waals surface area contributed by atoms with E-state index in [-0.39, 0.29) is 0 Å². The van der Waals surface area contributed by atoms with E-state index in [1.54, 1.807) is 6.20 Å². The summed E-state index contributed by atoms with van der Waals surface area (Å²) < 4.78 is 6.97. The van der Waals surface area contributed by atoms with Gasteiger partial charge in [-0.25, -0.2) is 9.97 Å². The number of alkyl halides is 1. The first-order valence-electron chi connectivity index (χ1n) is 10.4. The quantitative estimate of drug-likeness (QED) is 0.286. The maximum atomic E-state index is 6.07. The van der Waals surface area contributed by atoms with Crippen LogP contribution in [0.25, 0.3) is 22.5 Å². The Hall–Kier alpha value is -1.70. The van der Waals surface area contributed by atoms with Gasteiger partial charge in [-0.05, 0) is 43.5 Å². The highest BCUT2D eigenvalue weighted by atomic mass is 127. The summed E-state index contributed by atoms with van der Waals surface area (Å²) in [7, 11) is 0. The Bertz CT molecular complexity index is 957. The van der Waals surface area contributed by atoms with Crippen molar-refractivity contribution in [1.82, 2.24) is 15.3 Å². The molecule has 0 amide bonds. The van der Waals surface area contributed by atoms with Gasteiger partial charge in [0.15, 0.2) is 0 Å². The molecular formula is C24H25ClIN3O. The minimum Gasteiger partial charge on any atom is -0.476 e. The molecule has 1 N–H and O–H groups in total. The molecule has 3 aromatic rings. The largest absolute Gasteiger partial charge is 0.476 e. The van der Waals surface area contributed by atoms with Crippen molar-refractivity contribution >= 4 is 34.2 Å². The Morgan fingerprint density at radius 2 is 1.73 bits per heavy atom. The molecular weight excluding hydrogens is 509 g/mol. The summed E-state index contributed by atoms with van der Waals surface area (Å²) in [4.78, 5) is 9.56. The zero-order valence-electron chi connectivity index (χ0n) is 16.8. The first-order valence-corrected chi connectivity index (χ1v) is 12.3. The van der Waals surface area contributed by atoms with Gasteiger partial charge in [0.25, 0.3) is 0 Å². The van der Waals surface area contributed by atoms with E-state index in [1.807, 2.05) is 24.3 Å². The molecule has 1 atom stereocenters. The fourth-order valence-corrected chi connectivity index (χ4v) is 4.33. The molecule has 0 spiro atoms. The molecule has 1 unspecified atom stereocenters. The zero-order chi connectivity index (χ0) is 20.8. The van der Waals surface area contributed by atoms with Gasteiger partial charge in [0.1, 0.15) is 5.69 Å². The highest BCUT2D eigenvalue weighted by molar-refractivity contribution is 14.1. The molecule has 0 saturated carbocycles. The highest BCUT2D eigenvalue weighted by Gasteiger charge is 2.15. The Labute approximate surface area is 196 Å². The number of benzene rings is 2. The number of nitrogens with zero attached hydrogens (tertiary/aromatic N) is 2. The lowest BCUT2D eigenvalue weighted by molar-refractivity contribution is 0.260. The van der Waals surface area contributed by atoms with E-state index < -0.39 is 0 Å². The normalized spacial score (nSPS) is 16.4. The summed E-state index contributed by atoms with van der Waals surface area (Å²) in [6.45, 7) is 1.75. The third-order valence-corrected chi connectivity index (χ3v) is 6.51. The van der Waals surface area contributed by atoms with Gasteiger partial charge in [-0.2, -0.15) is 0 Å². The molecule has 4 nitrogen and oxygen atoms in total. The molecule has 1 fully saturated rings. The van der Waals surface area contributed by atoms with Gasteiger partial charge in [-0.3, -0.25) is 0 Å². The van der Waals surface area contributed by atoms with Gasteiger partial charge in [-0.15, -0.1) is 0 Å². The zero-order valence-corrected chi connectivity index (χ0v) is 19.7. The summed E-state index contributed by atoms with van der Waals surface area (Å²) in [5, 5.41) is 4.27. The molecule has 6 heteroatoms. The molecule has 30 heavy (non-hydrogen) atoms. The van der Waals surface area contributed by atoms with Crippen molar-refractivity contribution in [2.24, 2.45) is 0 Å². The van der Waals surface area contributed by atoms with Crippen LogP contribution < -0.4 is 10.1 Å². The smallest absolute Gasteiger partial charge is 0.232 e. The first-order chi connectivity index (χ1) is 14.7. The molecule has 0 radical (unpaired) electrons. The van der Waals surface area contributed by atoms with E-state index in [9.17, 15) is 0 Å². The molecule has 2 aromatic carbocycles. The minimum absolute atomic E-state index is 0.542. The number of hydrogen-bond acceptors (Lipinski definition) is 4. The van der Waals surface area contributed by atoms with Crippen molar-refractivity contribution in [1.29, 1.82) is 0 Å². The lowest BCUT2D eigenvalue weighted by Gasteiger charge is -2.23. The third kappa shape index (κ3) is 5.50. The van der Waals surface area contributed by atoms with Gasteiger partial charge >= 0.3 is 0 Å². The Morgan fingerprint density at radius 1 is 1.00 bits per heavy atom. The molecule has 1 saturated heterocycles. The molecule has 156 valence electrons. The monoisotopic (exact) mass is 533 g/mol. The average molecular weight is 534 g/mol. The maximum absolute atomic E-state index is 6.07. The second kappa shape index (κ2) is 10.6. The van der Waals surface area contributed by atoms with Crippen LogP contribution in [0.4, 0.5) is 0 Å². The van der Waals surface area contributed by atoms with Crippen molar-refractivity contribution in [2.75, 3.05) is 13.2 Å². The summed E-state index contributed by atoms with van der Waals surface area (Å²) in [6, 6.07) is 16.7. The van der Waals surface area contributed by atoms with Crippen molar-refractivity contribution in [3.05, 3.63) is 65.3 Å². The second-order valence-corrected chi connectivity index (χ2v) is 8.73. The van der Waals surface area contributed by atoms with Crippen LogP contribution in [0.2, 0.25) is 5.02 Å². The van der Waals surface area contributed by atoms with Crippen LogP contribution in [0.15, 0.2) is 54.7 Å². The number of ether oxygens (including phenoxy) is 1. The van der Waals surface area contributed by atoms with Crippen LogP contribution in [0.5, 0.6) is 5.88 Å². The van der Waals surface area contributed by atoms with Gasteiger partial charge in [-0.1, -0.05) is 77.0 Å². The number of halogens is 2. The van der Waals surface area contributed by atoms with E-state index in [2.05, 4.69) is 52.2 Å². The van der Waals surface area contributed by atoms with Crippen LogP contribution in [-0.2, 0) is 4.43 Å². The number of aromatic nitrogens is 2. The Kier molecular flexibility index (Phi) is 7.57. The van der Waals surface area contributed by atoms with E-state index >= 15 is 0 Å². The third-order valence-electron chi connectivity index (χ3n) is 5.38. The molecule has 1 aliphatic heterocycles. The van der Waals surface area contributed by atoms with Crippen LogP contribution in [-0.4, -0.2) is 29.2 Å². The fraction of sp³-hybridized carbons (Fsp3) is 0.333. The van der Waals surface area contributed by atoms with Crippen molar-refractivity contribution < 1.29 is 4.74 Å². The van der Waals surface area contributed by atoms with Gasteiger partial charge in [0.05, 0.1) is 18.5 Å².